The maximum Gasteiger partial charge on any atom is 0.340 e. The highest BCUT2D eigenvalue weighted by Gasteiger charge is 2.51. The minimum atomic E-state index is -1.97. The molecule has 2 aliphatic heterocycles. The molecular weight excluding hydrogens is 468 g/mol. The van der Waals surface area contributed by atoms with Crippen LogP contribution in [0.1, 0.15) is 10.4 Å². The topological polar surface area (TPSA) is 256 Å². The Morgan fingerprint density at radius 1 is 0.765 bits per heavy atom. The molecule has 15 heteroatoms. The van der Waals surface area contributed by atoms with E-state index in [-0.39, 0.29) is 0 Å². The summed E-state index contributed by atoms with van der Waals surface area (Å²) in [6, 6.07) is 1.52. The minimum Gasteiger partial charge on any atom is -0.504 e. The van der Waals surface area contributed by atoms with E-state index in [4.69, 9.17) is 18.9 Å². The average Bonchev–Trinajstić information content (AvgIpc) is 2.81. The molecular formula is C19H26O15. The monoisotopic (exact) mass is 494 g/mol. The highest BCUT2D eigenvalue weighted by Crippen LogP contribution is 2.36. The van der Waals surface area contributed by atoms with Crippen LogP contribution in [0.15, 0.2) is 12.1 Å². The summed E-state index contributed by atoms with van der Waals surface area (Å²) in [4.78, 5) is 12.3. The molecule has 34 heavy (non-hydrogen) atoms. The van der Waals surface area contributed by atoms with E-state index in [1.54, 1.807) is 0 Å². The van der Waals surface area contributed by atoms with Gasteiger partial charge >= 0.3 is 5.97 Å². The normalized spacial score (nSPS) is 38.4. The van der Waals surface area contributed by atoms with Crippen LogP contribution in [0.25, 0.3) is 0 Å². The highest BCUT2D eigenvalue weighted by molar-refractivity contribution is 5.91. The molecule has 0 radical (unpaired) electrons. The lowest BCUT2D eigenvalue weighted by Crippen LogP contribution is -2.64. The van der Waals surface area contributed by atoms with Crippen molar-refractivity contribution >= 4 is 5.97 Å². The van der Waals surface area contributed by atoms with Gasteiger partial charge in [-0.1, -0.05) is 0 Å². The lowest BCUT2D eigenvalue weighted by Gasteiger charge is -2.45. The van der Waals surface area contributed by atoms with Crippen molar-refractivity contribution in [1.29, 1.82) is 0 Å². The molecule has 0 unspecified atom stereocenters. The summed E-state index contributed by atoms with van der Waals surface area (Å²) in [5.74, 6) is -3.79. The number of hydrogen-bond donors (Lipinski definition) is 10. The number of esters is 1. The van der Waals surface area contributed by atoms with Crippen molar-refractivity contribution in [3.05, 3.63) is 17.7 Å². The van der Waals surface area contributed by atoms with Crippen molar-refractivity contribution in [3.8, 4) is 17.2 Å². The lowest BCUT2D eigenvalue weighted by atomic mass is 9.97. The predicted octanol–water partition coefficient (Wildman–Crippen LogP) is -4.42. The van der Waals surface area contributed by atoms with Gasteiger partial charge in [0.1, 0.15) is 48.8 Å². The molecule has 15 nitrogen and oxygen atoms in total. The molecule has 2 heterocycles. The summed E-state index contributed by atoms with van der Waals surface area (Å²) in [6.07, 6.45) is -17.2. The molecule has 0 aromatic heterocycles. The van der Waals surface area contributed by atoms with Gasteiger partial charge in [-0.25, -0.2) is 4.79 Å². The number of carbonyl (C=O) groups excluding carboxylic acids is 1. The maximum absolute atomic E-state index is 12.3. The van der Waals surface area contributed by atoms with Gasteiger partial charge in [-0.3, -0.25) is 0 Å². The third-order valence-electron chi connectivity index (χ3n) is 5.49. The van der Waals surface area contributed by atoms with E-state index in [2.05, 4.69) is 0 Å². The number of ether oxygens (including phenoxy) is 4. The zero-order valence-electron chi connectivity index (χ0n) is 17.4. The molecule has 2 aliphatic rings. The molecule has 10 atom stereocenters. The van der Waals surface area contributed by atoms with Crippen LogP contribution >= 0.6 is 0 Å². The molecule has 0 bridgehead atoms. The van der Waals surface area contributed by atoms with E-state index < -0.39 is 103 Å². The van der Waals surface area contributed by atoms with Crippen molar-refractivity contribution in [2.75, 3.05) is 13.2 Å². The zero-order valence-corrected chi connectivity index (χ0v) is 17.4. The largest absolute Gasteiger partial charge is 0.504 e. The fourth-order valence-corrected chi connectivity index (χ4v) is 3.55. The third kappa shape index (κ3) is 5.03. The van der Waals surface area contributed by atoms with Gasteiger partial charge in [-0.05, 0) is 12.1 Å². The Balaban J connectivity index is 1.72. The Morgan fingerprint density at radius 3 is 1.85 bits per heavy atom. The summed E-state index contributed by atoms with van der Waals surface area (Å²) in [6.45, 7) is -1.60. The number of rotatable bonds is 6. The van der Waals surface area contributed by atoms with Gasteiger partial charge in [0.15, 0.2) is 23.5 Å². The number of hydrogen-bond acceptors (Lipinski definition) is 15. The standard InChI is InChI=1S/C19H26O15/c20-3-8-11(25)12(26)14(28)18(31-8)33-16-9(4-21)32-19(15(29)13(16)27)34-17(30)5-1-6(22)10(24)7(23)2-5/h1-2,8-9,11-16,18-29H,3-4H2/t8-,9-,11-,12+,13-,14-,15-,16+,18+,19+/m1/s1. The fraction of sp³-hybridized carbons (Fsp3) is 0.632. The van der Waals surface area contributed by atoms with Gasteiger partial charge in [-0.2, -0.15) is 0 Å². The Labute approximate surface area is 191 Å². The Kier molecular flexibility index (Phi) is 8.14. The van der Waals surface area contributed by atoms with Crippen LogP contribution in [0.5, 0.6) is 17.2 Å². The van der Waals surface area contributed by atoms with Crippen LogP contribution in [0, 0.1) is 0 Å². The predicted molar refractivity (Wildman–Crippen MR) is 103 cm³/mol. The number of carbonyl (C=O) groups is 1. The van der Waals surface area contributed by atoms with Crippen LogP contribution in [0.3, 0.4) is 0 Å². The first-order valence-corrected chi connectivity index (χ1v) is 10.0. The van der Waals surface area contributed by atoms with Crippen molar-refractivity contribution in [2.45, 2.75) is 61.4 Å². The second-order valence-electron chi connectivity index (χ2n) is 7.77. The van der Waals surface area contributed by atoms with Crippen molar-refractivity contribution in [3.63, 3.8) is 0 Å². The maximum atomic E-state index is 12.3. The van der Waals surface area contributed by atoms with Crippen molar-refractivity contribution < 1.29 is 74.8 Å². The minimum absolute atomic E-state index is 0.446. The molecule has 192 valence electrons. The van der Waals surface area contributed by atoms with Gasteiger partial charge in [-0.15, -0.1) is 0 Å². The molecule has 0 saturated carbocycles. The van der Waals surface area contributed by atoms with E-state index in [1.807, 2.05) is 0 Å². The van der Waals surface area contributed by atoms with Gasteiger partial charge in [0.2, 0.25) is 6.29 Å². The van der Waals surface area contributed by atoms with Gasteiger partial charge in [0, 0.05) is 0 Å². The molecule has 0 aliphatic carbocycles. The zero-order chi connectivity index (χ0) is 25.3. The molecule has 0 amide bonds. The first kappa shape index (κ1) is 26.3. The van der Waals surface area contributed by atoms with Gasteiger partial charge < -0.3 is 70.0 Å². The smallest absolute Gasteiger partial charge is 0.340 e. The summed E-state index contributed by atoms with van der Waals surface area (Å²) in [5.41, 5.74) is -0.446. The van der Waals surface area contributed by atoms with E-state index in [9.17, 15) is 55.9 Å². The summed E-state index contributed by atoms with van der Waals surface area (Å²) < 4.78 is 20.8. The quantitative estimate of drug-likeness (QED) is 0.132. The van der Waals surface area contributed by atoms with Crippen LogP contribution in [-0.2, 0) is 18.9 Å². The fourth-order valence-electron chi connectivity index (χ4n) is 3.55. The van der Waals surface area contributed by atoms with E-state index in [0.717, 1.165) is 12.1 Å². The van der Waals surface area contributed by atoms with E-state index in [0.29, 0.717) is 0 Å². The molecule has 2 saturated heterocycles. The molecule has 2 fully saturated rings. The second kappa shape index (κ2) is 10.5. The number of aliphatic hydroxyl groups excluding tert-OH is 7. The second-order valence-corrected chi connectivity index (χ2v) is 7.77. The van der Waals surface area contributed by atoms with Crippen LogP contribution in [0.2, 0.25) is 0 Å². The third-order valence-corrected chi connectivity index (χ3v) is 5.49. The van der Waals surface area contributed by atoms with Gasteiger partial charge in [0.05, 0.1) is 18.8 Å². The first-order valence-electron chi connectivity index (χ1n) is 10.0. The number of phenols is 3. The first-order chi connectivity index (χ1) is 16.0. The van der Waals surface area contributed by atoms with Crippen molar-refractivity contribution in [2.24, 2.45) is 0 Å². The summed E-state index contributed by atoms with van der Waals surface area (Å²) >= 11 is 0. The van der Waals surface area contributed by atoms with E-state index >= 15 is 0 Å². The Morgan fingerprint density at radius 2 is 1.29 bits per heavy atom. The molecule has 10 N–H and O–H groups in total. The van der Waals surface area contributed by atoms with Crippen LogP contribution < -0.4 is 0 Å². The van der Waals surface area contributed by atoms with E-state index in [1.165, 1.54) is 0 Å². The Bertz CT molecular complexity index is 837. The van der Waals surface area contributed by atoms with Crippen LogP contribution in [0.4, 0.5) is 0 Å². The lowest BCUT2D eigenvalue weighted by molar-refractivity contribution is -0.354. The SMILES string of the molecule is O=C(O[C@@H]1O[C@H](CO)[C@H](O[C@@H]2O[C@H](CO)[C@@H](O)[C@H](O)[C@H]2O)[C@H](O)[C@H]1O)c1cc(O)c(O)c(O)c1. The summed E-state index contributed by atoms with van der Waals surface area (Å²) in [7, 11) is 0. The number of benzene rings is 1. The molecule has 3 rings (SSSR count). The molecule has 1 aromatic rings. The average molecular weight is 494 g/mol. The molecule has 0 spiro atoms. The Hall–Kier alpha value is -2.31. The van der Waals surface area contributed by atoms with Crippen LogP contribution in [-0.4, -0.2) is 132 Å². The van der Waals surface area contributed by atoms with Crippen molar-refractivity contribution in [1.82, 2.24) is 0 Å². The number of aliphatic hydroxyl groups is 7. The molecule has 1 aromatic carbocycles. The van der Waals surface area contributed by atoms with Gasteiger partial charge in [0.25, 0.3) is 0 Å². The highest BCUT2D eigenvalue weighted by atomic mass is 16.7. The summed E-state index contributed by atoms with van der Waals surface area (Å²) in [5, 5.41) is 98.0. The number of phenolic OH excluding ortho intramolecular Hbond substituents is 3. The number of aromatic hydroxyl groups is 3.